The van der Waals surface area contributed by atoms with E-state index in [1.807, 2.05) is 0 Å². The Balaban J connectivity index is 0.000000791. The van der Waals surface area contributed by atoms with Crippen molar-refractivity contribution in [3.8, 4) is 5.75 Å². The molecule has 1 rings (SSSR count). The van der Waals surface area contributed by atoms with E-state index in [0.717, 1.165) is 12.8 Å². The van der Waals surface area contributed by atoms with Gasteiger partial charge in [0.2, 0.25) is 0 Å². The maximum atomic E-state index is 12.9. The topological polar surface area (TPSA) is 9.23 Å². The molecule has 1 aromatic rings. The second-order valence-corrected chi connectivity index (χ2v) is 2.55. The Morgan fingerprint density at radius 1 is 1.57 bits per heavy atom. The average molecular weight is 312 g/mol. The van der Waals surface area contributed by atoms with Crippen molar-refractivity contribution < 1.29 is 25.5 Å². The van der Waals surface area contributed by atoms with Crippen molar-refractivity contribution in [2.24, 2.45) is 0 Å². The number of hydrogen-bond donors (Lipinski definition) is 0. The van der Waals surface area contributed by atoms with Gasteiger partial charge in [-0.1, -0.05) is 13.3 Å². The van der Waals surface area contributed by atoms with Gasteiger partial charge in [-0.2, -0.15) is 12.1 Å². The Labute approximate surface area is 101 Å². The molecular formula is C10H12BrFOZn. The summed E-state index contributed by atoms with van der Waals surface area (Å²) in [5, 5.41) is 0. The monoisotopic (exact) mass is 310 g/mol. The van der Waals surface area contributed by atoms with Crippen LogP contribution in [0.4, 0.5) is 4.39 Å². The molecule has 0 aliphatic rings. The van der Waals surface area contributed by atoms with Crippen LogP contribution in [0.5, 0.6) is 5.75 Å². The fraction of sp³-hybridized carbons (Fsp3) is 0.400. The number of halogens is 2. The van der Waals surface area contributed by atoms with Crippen molar-refractivity contribution in [3.63, 3.8) is 0 Å². The third-order valence-corrected chi connectivity index (χ3v) is 1.51. The Bertz CT molecular complexity index is 245. The third-order valence-electron chi connectivity index (χ3n) is 1.51. The molecule has 74 valence electrons. The van der Waals surface area contributed by atoms with Crippen LogP contribution < -0.4 is 4.74 Å². The summed E-state index contributed by atoms with van der Waals surface area (Å²) < 4.78 is 18.0. The van der Waals surface area contributed by atoms with Gasteiger partial charge >= 0.3 is 30.0 Å². The van der Waals surface area contributed by atoms with Gasteiger partial charge in [0.1, 0.15) is 0 Å². The van der Waals surface area contributed by atoms with Gasteiger partial charge in [-0.25, -0.2) is 0 Å². The first-order valence-electron chi connectivity index (χ1n) is 4.40. The van der Waals surface area contributed by atoms with Crippen LogP contribution in [-0.4, -0.2) is 6.61 Å². The zero-order chi connectivity index (χ0) is 10.8. The first-order chi connectivity index (χ1) is 6.84. The standard InChI is InChI=1S/C10H12FO.BrH.Zn/c1-2-3-8-12-10-7-5-4-6-9(10)11;;/h4-6H,2-3,8H2,1H3;1H;/q-1;;+2/p-1. The molecule has 0 atom stereocenters. The van der Waals surface area contributed by atoms with Crippen LogP contribution >= 0.6 is 13.6 Å². The van der Waals surface area contributed by atoms with Crippen LogP contribution in [0.3, 0.4) is 0 Å². The summed E-state index contributed by atoms with van der Waals surface area (Å²) >= 11 is 4.25. The number of rotatable bonds is 4. The van der Waals surface area contributed by atoms with E-state index >= 15 is 0 Å². The van der Waals surface area contributed by atoms with Crippen molar-refractivity contribution in [1.82, 2.24) is 0 Å². The summed E-state index contributed by atoms with van der Waals surface area (Å²) in [5.41, 5.74) is 0. The van der Waals surface area contributed by atoms with E-state index in [0.29, 0.717) is 6.61 Å². The molecule has 0 aromatic heterocycles. The molecule has 14 heavy (non-hydrogen) atoms. The Morgan fingerprint density at radius 2 is 2.29 bits per heavy atom. The van der Waals surface area contributed by atoms with Crippen LogP contribution in [0.25, 0.3) is 0 Å². The first-order valence-corrected chi connectivity index (χ1v) is 11.3. The zero-order valence-corrected chi connectivity index (χ0v) is 12.8. The van der Waals surface area contributed by atoms with Crippen LogP contribution in [0, 0.1) is 11.9 Å². The predicted octanol–water partition coefficient (Wildman–Crippen LogP) is 3.65. The normalized spacial score (nSPS) is 8.93. The van der Waals surface area contributed by atoms with E-state index in [-0.39, 0.29) is 11.6 Å². The van der Waals surface area contributed by atoms with Gasteiger partial charge in [0.05, 0.1) is 6.61 Å². The predicted molar refractivity (Wildman–Crippen MR) is 54.6 cm³/mol. The fourth-order valence-electron chi connectivity index (χ4n) is 0.830. The molecule has 0 saturated carbocycles. The van der Waals surface area contributed by atoms with E-state index < -0.39 is 0 Å². The van der Waals surface area contributed by atoms with Gasteiger partial charge in [-0.3, -0.25) is 4.39 Å². The second-order valence-electron chi connectivity index (χ2n) is 2.55. The Hall–Kier alpha value is 0.0534. The molecule has 0 amide bonds. The van der Waals surface area contributed by atoms with Gasteiger partial charge in [-0.05, 0) is 6.42 Å². The summed E-state index contributed by atoms with van der Waals surface area (Å²) in [7, 11) is 0. The van der Waals surface area contributed by atoms with Gasteiger partial charge in [-0.15, -0.1) is 12.1 Å². The molecule has 0 N–H and O–H groups in total. The third kappa shape index (κ3) is 5.71. The summed E-state index contributed by atoms with van der Waals surface area (Å²) in [4.78, 5) is 0. The van der Waals surface area contributed by atoms with Crippen molar-refractivity contribution in [2.45, 2.75) is 19.8 Å². The molecule has 0 aliphatic carbocycles. The molecular weight excluding hydrogens is 300 g/mol. The fourth-order valence-corrected chi connectivity index (χ4v) is 0.830. The number of benzene rings is 1. The van der Waals surface area contributed by atoms with Gasteiger partial charge in [0, 0.05) is 11.6 Å². The molecule has 0 aliphatic heterocycles. The molecule has 0 spiro atoms. The van der Waals surface area contributed by atoms with E-state index in [9.17, 15) is 4.39 Å². The molecule has 0 radical (unpaired) electrons. The van der Waals surface area contributed by atoms with Crippen molar-refractivity contribution >= 4 is 13.6 Å². The van der Waals surface area contributed by atoms with Crippen LogP contribution in [-0.2, 0) is 16.3 Å². The van der Waals surface area contributed by atoms with Gasteiger partial charge in [0.15, 0.2) is 0 Å². The van der Waals surface area contributed by atoms with Crippen LogP contribution in [0.1, 0.15) is 19.8 Å². The Kier molecular flexibility index (Phi) is 9.64. The van der Waals surface area contributed by atoms with Crippen molar-refractivity contribution in [2.75, 3.05) is 6.61 Å². The van der Waals surface area contributed by atoms with Gasteiger partial charge < -0.3 is 4.74 Å². The van der Waals surface area contributed by atoms with Crippen LogP contribution in [0.2, 0.25) is 0 Å². The van der Waals surface area contributed by atoms with E-state index in [1.165, 1.54) is 22.4 Å². The summed E-state index contributed by atoms with van der Waals surface area (Å²) in [6.45, 7) is 2.63. The van der Waals surface area contributed by atoms with Crippen molar-refractivity contribution in [3.05, 3.63) is 30.1 Å². The molecule has 0 bridgehead atoms. The molecule has 0 heterocycles. The van der Waals surface area contributed by atoms with E-state index in [2.05, 4.69) is 26.6 Å². The molecule has 4 heteroatoms. The molecule has 0 unspecified atom stereocenters. The van der Waals surface area contributed by atoms with Crippen LogP contribution in [0.15, 0.2) is 18.2 Å². The molecule has 0 fully saturated rings. The second kappa shape index (κ2) is 9.60. The summed E-state index contributed by atoms with van der Waals surface area (Å²) in [5.74, 6) is -0.112. The summed E-state index contributed by atoms with van der Waals surface area (Å²) in [6, 6.07) is 7.31. The average Bonchev–Trinajstić information content (AvgIpc) is 2.24. The first kappa shape index (κ1) is 14.1. The number of hydrogen-bond acceptors (Lipinski definition) is 1. The van der Waals surface area contributed by atoms with Gasteiger partial charge in [0.25, 0.3) is 0 Å². The minimum atomic E-state index is -0.339. The maximum absolute atomic E-state index is 12.9. The van der Waals surface area contributed by atoms with Crippen molar-refractivity contribution in [1.29, 1.82) is 0 Å². The summed E-state index contributed by atoms with van der Waals surface area (Å²) in [6.07, 6.45) is 2.00. The number of ether oxygens (including phenoxy) is 1. The molecule has 0 saturated heterocycles. The molecule has 1 nitrogen and oxygen atoms in total. The number of para-hydroxylation sites is 1. The van der Waals surface area contributed by atoms with E-state index in [4.69, 9.17) is 4.74 Å². The Morgan fingerprint density at radius 3 is 2.86 bits per heavy atom. The van der Waals surface area contributed by atoms with E-state index in [1.54, 1.807) is 12.1 Å². The quantitative estimate of drug-likeness (QED) is 0.468. The SMILES string of the molecule is CCCCOc1[c-]cccc1F.[Zn+][Br]. The number of unbranched alkanes of at least 4 members (excludes halogenated alkanes) is 1. The zero-order valence-electron chi connectivity index (χ0n) is 8.22. The minimum absolute atomic E-state index is 0.228. The molecule has 1 aromatic carbocycles.